The van der Waals surface area contributed by atoms with Crippen LogP contribution in [0.3, 0.4) is 0 Å². The van der Waals surface area contributed by atoms with Gasteiger partial charge in [0, 0.05) is 33.2 Å². The SMILES string of the molecule is CCCCCCNC(=NC)NCC(C(=O)N1CCOCC1)c1ccccc1.I. The molecule has 1 heterocycles. The number of nitrogens with zero attached hydrogens (tertiary/aromatic N) is 2. The molecule has 0 bridgehead atoms. The average molecular weight is 502 g/mol. The number of morpholine rings is 1. The Hall–Kier alpha value is -1.35. The molecule has 0 saturated carbocycles. The van der Waals surface area contributed by atoms with Crippen molar-refractivity contribution in [1.29, 1.82) is 0 Å². The predicted octanol–water partition coefficient (Wildman–Crippen LogP) is 2.99. The zero-order valence-corrected chi connectivity index (χ0v) is 19.5. The minimum atomic E-state index is -0.233. The van der Waals surface area contributed by atoms with Crippen LogP contribution in [0.15, 0.2) is 35.3 Å². The van der Waals surface area contributed by atoms with Crippen molar-refractivity contribution in [2.45, 2.75) is 38.5 Å². The molecule has 1 fully saturated rings. The zero-order chi connectivity index (χ0) is 19.3. The number of hydrogen-bond donors (Lipinski definition) is 2. The number of carbonyl (C=O) groups is 1. The van der Waals surface area contributed by atoms with E-state index in [9.17, 15) is 4.79 Å². The fourth-order valence-corrected chi connectivity index (χ4v) is 3.22. The van der Waals surface area contributed by atoms with Gasteiger partial charge in [-0.25, -0.2) is 0 Å². The molecule has 6 nitrogen and oxygen atoms in total. The Balaban J connectivity index is 0.00000392. The molecule has 1 atom stereocenters. The molecule has 28 heavy (non-hydrogen) atoms. The summed E-state index contributed by atoms with van der Waals surface area (Å²) in [5.41, 5.74) is 1.03. The fourth-order valence-electron chi connectivity index (χ4n) is 3.22. The lowest BCUT2D eigenvalue weighted by atomic mass is 9.97. The first-order valence-corrected chi connectivity index (χ1v) is 10.1. The molecule has 1 aromatic rings. The molecule has 0 aliphatic carbocycles. The lowest BCUT2D eigenvalue weighted by Crippen LogP contribution is -2.47. The Kier molecular flexibility index (Phi) is 12.9. The molecular formula is C21H35IN4O2. The van der Waals surface area contributed by atoms with E-state index in [1.807, 2.05) is 35.2 Å². The summed E-state index contributed by atoms with van der Waals surface area (Å²) in [6.45, 7) is 6.17. The van der Waals surface area contributed by atoms with Crippen molar-refractivity contribution >= 4 is 35.8 Å². The van der Waals surface area contributed by atoms with Gasteiger partial charge in [0.05, 0.1) is 19.1 Å². The number of amides is 1. The second-order valence-corrected chi connectivity index (χ2v) is 6.84. The van der Waals surface area contributed by atoms with Gasteiger partial charge in [0.1, 0.15) is 0 Å². The number of nitrogens with one attached hydrogen (secondary N) is 2. The summed E-state index contributed by atoms with van der Waals surface area (Å²) in [5.74, 6) is 0.667. The lowest BCUT2D eigenvalue weighted by molar-refractivity contribution is -0.136. The Morgan fingerprint density at radius 3 is 2.50 bits per heavy atom. The maximum atomic E-state index is 13.1. The maximum Gasteiger partial charge on any atom is 0.232 e. The molecule has 7 heteroatoms. The van der Waals surface area contributed by atoms with Gasteiger partial charge in [-0.3, -0.25) is 9.79 Å². The molecule has 1 amide bonds. The molecule has 1 aliphatic heterocycles. The number of carbonyl (C=O) groups excluding carboxylic acids is 1. The molecule has 1 aliphatic rings. The van der Waals surface area contributed by atoms with Crippen LogP contribution >= 0.6 is 24.0 Å². The average Bonchev–Trinajstić information content (AvgIpc) is 2.73. The number of halogens is 1. The standard InChI is InChI=1S/C21H34N4O2.HI/c1-3-4-5-9-12-23-21(22-2)24-17-19(18-10-7-6-8-11-18)20(26)25-13-15-27-16-14-25;/h6-8,10-11,19H,3-5,9,12-17H2,1-2H3,(H2,22,23,24);1H. The molecule has 0 spiro atoms. The second kappa shape index (κ2) is 14.6. The van der Waals surface area contributed by atoms with Gasteiger partial charge in [-0.15, -0.1) is 24.0 Å². The van der Waals surface area contributed by atoms with Gasteiger partial charge in [-0.1, -0.05) is 56.5 Å². The Labute approximate surface area is 186 Å². The third-order valence-electron chi connectivity index (χ3n) is 4.84. The van der Waals surface area contributed by atoms with Crippen molar-refractivity contribution in [3.63, 3.8) is 0 Å². The highest BCUT2D eigenvalue weighted by molar-refractivity contribution is 14.0. The summed E-state index contributed by atoms with van der Waals surface area (Å²) in [6, 6.07) is 9.98. The molecular weight excluding hydrogens is 467 g/mol. The normalized spacial score (nSPS) is 15.5. The topological polar surface area (TPSA) is 66.0 Å². The highest BCUT2D eigenvalue weighted by atomic mass is 127. The van der Waals surface area contributed by atoms with Gasteiger partial charge in [-0.2, -0.15) is 0 Å². The highest BCUT2D eigenvalue weighted by Crippen LogP contribution is 2.18. The van der Waals surface area contributed by atoms with E-state index in [-0.39, 0.29) is 35.8 Å². The fraction of sp³-hybridized carbons (Fsp3) is 0.619. The Bertz CT molecular complexity index is 577. The molecule has 0 aromatic heterocycles. The first-order valence-electron chi connectivity index (χ1n) is 10.1. The summed E-state index contributed by atoms with van der Waals surface area (Å²) in [4.78, 5) is 19.3. The summed E-state index contributed by atoms with van der Waals surface area (Å²) in [5, 5.41) is 6.69. The van der Waals surface area contributed by atoms with Crippen LogP contribution < -0.4 is 10.6 Å². The largest absolute Gasteiger partial charge is 0.378 e. The number of benzene rings is 1. The van der Waals surface area contributed by atoms with E-state index < -0.39 is 0 Å². The smallest absolute Gasteiger partial charge is 0.232 e. The number of aliphatic imine (C=N–C) groups is 1. The molecule has 2 N–H and O–H groups in total. The van der Waals surface area contributed by atoms with Crippen LogP contribution in [0.5, 0.6) is 0 Å². The molecule has 1 saturated heterocycles. The maximum absolute atomic E-state index is 13.1. The van der Waals surface area contributed by atoms with E-state index in [2.05, 4.69) is 22.5 Å². The van der Waals surface area contributed by atoms with Crippen LogP contribution in [0, 0.1) is 0 Å². The van der Waals surface area contributed by atoms with Crippen LogP contribution in [0.1, 0.15) is 44.1 Å². The van der Waals surface area contributed by atoms with Gasteiger partial charge < -0.3 is 20.3 Å². The van der Waals surface area contributed by atoms with E-state index >= 15 is 0 Å². The molecule has 158 valence electrons. The monoisotopic (exact) mass is 502 g/mol. The van der Waals surface area contributed by atoms with Crippen molar-refractivity contribution in [2.75, 3.05) is 46.4 Å². The van der Waals surface area contributed by atoms with Gasteiger partial charge in [0.2, 0.25) is 5.91 Å². The zero-order valence-electron chi connectivity index (χ0n) is 17.2. The summed E-state index contributed by atoms with van der Waals surface area (Å²) < 4.78 is 5.38. The van der Waals surface area contributed by atoms with E-state index in [1.165, 1.54) is 19.3 Å². The van der Waals surface area contributed by atoms with E-state index in [0.29, 0.717) is 32.8 Å². The number of rotatable bonds is 9. The van der Waals surface area contributed by atoms with Crippen LogP contribution in [0.2, 0.25) is 0 Å². The van der Waals surface area contributed by atoms with Crippen LogP contribution in [0.25, 0.3) is 0 Å². The van der Waals surface area contributed by atoms with Crippen molar-refractivity contribution < 1.29 is 9.53 Å². The first-order chi connectivity index (χ1) is 13.3. The van der Waals surface area contributed by atoms with Crippen molar-refractivity contribution in [1.82, 2.24) is 15.5 Å². The van der Waals surface area contributed by atoms with Crippen molar-refractivity contribution in [3.8, 4) is 0 Å². The lowest BCUT2D eigenvalue weighted by Gasteiger charge is -2.31. The first kappa shape index (κ1) is 24.7. The molecule has 0 radical (unpaired) electrons. The predicted molar refractivity (Wildman–Crippen MR) is 126 cm³/mol. The summed E-state index contributed by atoms with van der Waals surface area (Å²) >= 11 is 0. The van der Waals surface area contributed by atoms with Gasteiger partial charge in [0.15, 0.2) is 5.96 Å². The minimum absolute atomic E-state index is 0. The van der Waals surface area contributed by atoms with Gasteiger partial charge in [-0.05, 0) is 12.0 Å². The molecule has 1 unspecified atom stereocenters. The van der Waals surface area contributed by atoms with Crippen LogP contribution in [0.4, 0.5) is 0 Å². The Morgan fingerprint density at radius 2 is 1.86 bits per heavy atom. The Morgan fingerprint density at radius 1 is 1.14 bits per heavy atom. The highest BCUT2D eigenvalue weighted by Gasteiger charge is 2.27. The summed E-state index contributed by atoms with van der Waals surface area (Å²) in [7, 11) is 1.77. The van der Waals surface area contributed by atoms with E-state index in [4.69, 9.17) is 4.74 Å². The van der Waals surface area contributed by atoms with E-state index in [1.54, 1.807) is 7.05 Å². The number of ether oxygens (including phenoxy) is 1. The summed E-state index contributed by atoms with van der Waals surface area (Å²) in [6.07, 6.45) is 4.85. The number of hydrogen-bond acceptors (Lipinski definition) is 3. The second-order valence-electron chi connectivity index (χ2n) is 6.84. The molecule has 2 rings (SSSR count). The number of guanidine groups is 1. The van der Waals surface area contributed by atoms with Crippen LogP contribution in [-0.4, -0.2) is 63.2 Å². The minimum Gasteiger partial charge on any atom is -0.378 e. The third-order valence-corrected chi connectivity index (χ3v) is 4.84. The van der Waals surface area contributed by atoms with Crippen molar-refractivity contribution in [2.24, 2.45) is 4.99 Å². The quantitative estimate of drug-likeness (QED) is 0.236. The number of unbranched alkanes of at least 4 members (excludes halogenated alkanes) is 3. The third kappa shape index (κ3) is 8.34. The van der Waals surface area contributed by atoms with Gasteiger partial charge >= 0.3 is 0 Å². The van der Waals surface area contributed by atoms with Crippen LogP contribution in [-0.2, 0) is 9.53 Å². The van der Waals surface area contributed by atoms with E-state index in [0.717, 1.165) is 24.5 Å². The van der Waals surface area contributed by atoms with Crippen molar-refractivity contribution in [3.05, 3.63) is 35.9 Å². The van der Waals surface area contributed by atoms with Gasteiger partial charge in [0.25, 0.3) is 0 Å². The molecule has 1 aromatic carbocycles.